The summed E-state index contributed by atoms with van der Waals surface area (Å²) in [6.07, 6.45) is 0. The minimum atomic E-state index is -1.55. The summed E-state index contributed by atoms with van der Waals surface area (Å²) >= 11 is 0. The smallest absolute Gasteiger partial charge is 0.246 e. The van der Waals surface area contributed by atoms with Crippen molar-refractivity contribution >= 4 is 11.9 Å². The molecule has 0 saturated heterocycles. The second-order valence-electron chi connectivity index (χ2n) is 2.81. The van der Waals surface area contributed by atoms with Gasteiger partial charge in [0.05, 0.1) is 6.54 Å². The van der Waals surface area contributed by atoms with E-state index in [1.54, 1.807) is 0 Å². The van der Waals surface area contributed by atoms with E-state index in [-0.39, 0.29) is 6.54 Å². The molecule has 6 heteroatoms. The molecule has 1 heterocycles. The average Bonchev–Trinajstić information content (AvgIpc) is 1.94. The highest BCUT2D eigenvalue weighted by Gasteiger charge is 2.39. The number of rotatable bonds is 1. The number of nitrogens with zero attached hydrogens (tertiary/aromatic N) is 1. The summed E-state index contributed by atoms with van der Waals surface area (Å²) in [5.74, 6) is -1.59. The molecule has 0 aromatic heterocycles. The zero-order valence-corrected chi connectivity index (χ0v) is 6.54. The molecule has 0 aromatic rings. The van der Waals surface area contributed by atoms with Crippen molar-refractivity contribution in [2.75, 3.05) is 6.54 Å². The Morgan fingerprint density at radius 2 is 2.58 bits per heavy atom. The number of aliphatic imine (C=N–C) groups is 1. The predicted octanol–water partition coefficient (Wildman–Crippen LogP) is -1.48. The van der Waals surface area contributed by atoms with Crippen LogP contribution in [0.2, 0.25) is 0 Å². The van der Waals surface area contributed by atoms with Gasteiger partial charge in [-0.15, -0.1) is 0 Å². The molecular formula is C6H10FN3O2. The van der Waals surface area contributed by atoms with Crippen LogP contribution in [-0.4, -0.2) is 35.3 Å². The zero-order valence-electron chi connectivity index (χ0n) is 6.54. The first-order chi connectivity index (χ1) is 5.43. The fraction of sp³-hybridized carbons (Fsp3) is 0.667. The molecule has 1 aliphatic heterocycles. The fourth-order valence-electron chi connectivity index (χ4n) is 1.00. The van der Waals surface area contributed by atoms with Crippen LogP contribution in [0.25, 0.3) is 0 Å². The summed E-state index contributed by atoms with van der Waals surface area (Å²) in [4.78, 5) is 14.0. The van der Waals surface area contributed by atoms with Crippen LogP contribution < -0.4 is 11.1 Å². The molecular weight excluding hydrogens is 165 g/mol. The van der Waals surface area contributed by atoms with Gasteiger partial charge in [-0.25, -0.2) is 4.99 Å². The van der Waals surface area contributed by atoms with Gasteiger partial charge in [-0.05, 0) is 6.92 Å². The molecule has 1 rings (SSSR count). The van der Waals surface area contributed by atoms with Gasteiger partial charge in [0.1, 0.15) is 5.72 Å². The fourth-order valence-corrected chi connectivity index (χ4v) is 1.00. The molecule has 1 aliphatic rings. The summed E-state index contributed by atoms with van der Waals surface area (Å²) in [6.45, 7) is 1.13. The number of hydrogen-bond donors (Lipinski definition) is 3. The molecule has 0 aliphatic carbocycles. The van der Waals surface area contributed by atoms with E-state index in [1.165, 1.54) is 6.92 Å². The van der Waals surface area contributed by atoms with E-state index < -0.39 is 23.6 Å². The lowest BCUT2D eigenvalue weighted by atomic mass is 10.0. The summed E-state index contributed by atoms with van der Waals surface area (Å²) in [6, 6.07) is -1.26. The van der Waals surface area contributed by atoms with E-state index in [2.05, 4.69) is 10.3 Å². The molecule has 1 amide bonds. The van der Waals surface area contributed by atoms with Crippen molar-refractivity contribution < 1.29 is 14.3 Å². The molecule has 2 unspecified atom stereocenters. The van der Waals surface area contributed by atoms with E-state index in [0.29, 0.717) is 0 Å². The minimum Gasteiger partial charge on any atom is -0.373 e. The van der Waals surface area contributed by atoms with Crippen LogP contribution in [0.1, 0.15) is 6.92 Å². The third kappa shape index (κ3) is 1.59. The molecule has 0 spiro atoms. The maximum absolute atomic E-state index is 12.5. The molecule has 2 atom stereocenters. The van der Waals surface area contributed by atoms with Crippen molar-refractivity contribution in [3.63, 3.8) is 0 Å². The maximum Gasteiger partial charge on any atom is 0.246 e. The third-order valence-electron chi connectivity index (χ3n) is 1.66. The Morgan fingerprint density at radius 1 is 2.00 bits per heavy atom. The summed E-state index contributed by atoms with van der Waals surface area (Å²) in [7, 11) is 0. The van der Waals surface area contributed by atoms with E-state index >= 15 is 0 Å². The molecule has 0 fully saturated rings. The van der Waals surface area contributed by atoms with Crippen molar-refractivity contribution in [2.45, 2.75) is 18.7 Å². The van der Waals surface area contributed by atoms with E-state index in [0.717, 1.165) is 0 Å². The van der Waals surface area contributed by atoms with Gasteiger partial charge in [-0.3, -0.25) is 10.1 Å². The Bertz CT molecular complexity index is 239. The number of aliphatic hydroxyl groups is 1. The summed E-state index contributed by atoms with van der Waals surface area (Å²) in [5, 5.41) is 11.8. The topological polar surface area (TPSA) is 87.7 Å². The van der Waals surface area contributed by atoms with Crippen molar-refractivity contribution in [1.29, 1.82) is 0 Å². The lowest BCUT2D eigenvalue weighted by Crippen LogP contribution is -2.60. The third-order valence-corrected chi connectivity index (χ3v) is 1.66. The van der Waals surface area contributed by atoms with Crippen molar-refractivity contribution in [1.82, 2.24) is 5.32 Å². The van der Waals surface area contributed by atoms with Gasteiger partial charge < -0.3 is 10.8 Å². The summed E-state index contributed by atoms with van der Waals surface area (Å²) in [5.41, 5.74) is 3.34. The number of nitrogens with one attached hydrogen (secondary N) is 1. The van der Waals surface area contributed by atoms with Crippen molar-refractivity contribution in [3.05, 3.63) is 0 Å². The second-order valence-corrected chi connectivity index (χ2v) is 2.81. The number of halogens is 1. The van der Waals surface area contributed by atoms with Crippen molar-refractivity contribution in [2.24, 2.45) is 10.7 Å². The Balaban J connectivity index is 2.91. The van der Waals surface area contributed by atoms with Crippen LogP contribution in [-0.2, 0) is 4.79 Å². The molecule has 0 aromatic carbocycles. The Morgan fingerprint density at radius 3 is 3.00 bits per heavy atom. The molecule has 0 bridgehead atoms. The standard InChI is InChI=1S/C6H10FN3O2/c1-6(12)4(5(8)11)10-3(7)2-9-6/h4,9,12H,2H2,1H3,(H2,8,11). The first kappa shape index (κ1) is 9.08. The predicted molar refractivity (Wildman–Crippen MR) is 40.2 cm³/mol. The van der Waals surface area contributed by atoms with Gasteiger partial charge in [0.15, 0.2) is 12.0 Å². The van der Waals surface area contributed by atoms with Crippen LogP contribution >= 0.6 is 0 Å². The van der Waals surface area contributed by atoms with Gasteiger partial charge >= 0.3 is 0 Å². The van der Waals surface area contributed by atoms with Gasteiger partial charge in [-0.1, -0.05) is 0 Å². The molecule has 12 heavy (non-hydrogen) atoms. The Labute approximate surface area is 68.5 Å². The van der Waals surface area contributed by atoms with Crippen LogP contribution in [0.3, 0.4) is 0 Å². The van der Waals surface area contributed by atoms with Crippen molar-refractivity contribution in [3.8, 4) is 0 Å². The second kappa shape index (κ2) is 2.80. The SMILES string of the molecule is CC1(O)NCC(F)=NC1C(N)=O. The van der Waals surface area contributed by atoms with Crippen LogP contribution in [0.15, 0.2) is 4.99 Å². The lowest BCUT2D eigenvalue weighted by molar-refractivity contribution is -0.126. The average molecular weight is 175 g/mol. The Hall–Kier alpha value is -1.01. The molecule has 4 N–H and O–H groups in total. The highest BCUT2D eigenvalue weighted by Crippen LogP contribution is 2.13. The van der Waals surface area contributed by atoms with E-state index in [4.69, 9.17) is 5.73 Å². The first-order valence-electron chi connectivity index (χ1n) is 3.42. The van der Waals surface area contributed by atoms with Gasteiger partial charge in [0.2, 0.25) is 5.91 Å². The normalized spacial score (nSPS) is 35.9. The quantitative estimate of drug-likeness (QED) is 0.454. The molecule has 68 valence electrons. The van der Waals surface area contributed by atoms with E-state index in [9.17, 15) is 14.3 Å². The number of carbonyl (C=O) groups excluding carboxylic acids is 1. The molecule has 5 nitrogen and oxygen atoms in total. The maximum atomic E-state index is 12.5. The summed E-state index contributed by atoms with van der Waals surface area (Å²) < 4.78 is 12.5. The molecule has 0 radical (unpaired) electrons. The molecule has 0 saturated carbocycles. The highest BCUT2D eigenvalue weighted by atomic mass is 19.1. The van der Waals surface area contributed by atoms with Gasteiger partial charge in [0.25, 0.3) is 0 Å². The first-order valence-corrected chi connectivity index (χ1v) is 3.42. The lowest BCUT2D eigenvalue weighted by Gasteiger charge is -2.31. The van der Waals surface area contributed by atoms with Crippen LogP contribution in [0.4, 0.5) is 4.39 Å². The van der Waals surface area contributed by atoms with E-state index in [1.807, 2.05) is 0 Å². The van der Waals surface area contributed by atoms with Gasteiger partial charge in [0, 0.05) is 0 Å². The minimum absolute atomic E-state index is 0.184. The highest BCUT2D eigenvalue weighted by molar-refractivity contribution is 5.87. The van der Waals surface area contributed by atoms with Crippen LogP contribution in [0.5, 0.6) is 0 Å². The number of amides is 1. The number of primary amides is 1. The number of nitrogens with two attached hydrogens (primary N) is 1. The monoisotopic (exact) mass is 175 g/mol. The largest absolute Gasteiger partial charge is 0.373 e. The number of hydrogen-bond acceptors (Lipinski definition) is 4. The number of carbonyl (C=O) groups is 1. The zero-order chi connectivity index (χ0) is 9.35. The van der Waals surface area contributed by atoms with Crippen LogP contribution in [0, 0.1) is 0 Å². The van der Waals surface area contributed by atoms with Gasteiger partial charge in [-0.2, -0.15) is 4.39 Å². The Kier molecular flexibility index (Phi) is 2.12.